The third-order valence-corrected chi connectivity index (χ3v) is 13.5. The largest absolute Gasteiger partial charge is 0.445 e. The van der Waals surface area contributed by atoms with Gasteiger partial charge in [0, 0.05) is 56.9 Å². The first kappa shape index (κ1) is 50.8. The summed E-state index contributed by atoms with van der Waals surface area (Å²) in [6.45, 7) is 12.7. The van der Waals surface area contributed by atoms with Crippen LogP contribution in [0.25, 0.3) is 0 Å². The van der Waals surface area contributed by atoms with Crippen molar-refractivity contribution in [1.82, 2.24) is 25.3 Å². The normalized spacial score (nSPS) is 16.7. The summed E-state index contributed by atoms with van der Waals surface area (Å²) in [7, 11) is 4.82. The van der Waals surface area contributed by atoms with E-state index in [0.717, 1.165) is 35.3 Å². The Bertz CT molecular complexity index is 1890. The van der Waals surface area contributed by atoms with Crippen LogP contribution in [0.5, 0.6) is 0 Å². The third-order valence-electron chi connectivity index (χ3n) is 12.2. The van der Waals surface area contributed by atoms with Crippen LogP contribution in [-0.4, -0.2) is 114 Å². The number of benzene rings is 3. The lowest BCUT2D eigenvalue weighted by Gasteiger charge is -2.41. The molecule has 1 aliphatic rings. The number of nitrogens with one attached hydrogen (secondary N) is 2. The molecule has 0 bridgehead atoms. The van der Waals surface area contributed by atoms with Crippen molar-refractivity contribution in [2.75, 3.05) is 34.3 Å². The number of amides is 5. The summed E-state index contributed by atoms with van der Waals surface area (Å²) in [5.41, 5.74) is 1.98. The fourth-order valence-electron chi connectivity index (χ4n) is 8.52. The molecule has 7 atom stereocenters. The quantitative estimate of drug-likeness (QED) is 0.0930. The van der Waals surface area contributed by atoms with E-state index in [1.54, 1.807) is 30.8 Å². The van der Waals surface area contributed by atoms with Crippen molar-refractivity contribution >= 4 is 41.5 Å². The number of rotatable bonds is 23. The molecule has 1 aliphatic heterocycles. The Labute approximate surface area is 380 Å². The lowest BCUT2D eigenvalue weighted by Crippen LogP contribution is -2.60. The molecule has 0 spiro atoms. The molecule has 12 nitrogen and oxygen atoms in total. The Morgan fingerprint density at radius 3 is 1.98 bits per heavy atom. The van der Waals surface area contributed by atoms with Crippen LogP contribution >= 0.6 is 11.8 Å². The van der Waals surface area contributed by atoms with E-state index in [1.165, 1.54) is 11.9 Å². The first-order valence-electron chi connectivity index (χ1n) is 22.5. The summed E-state index contributed by atoms with van der Waals surface area (Å²) >= 11 is 1.63. The molecule has 13 heteroatoms. The highest BCUT2D eigenvalue weighted by Crippen LogP contribution is 2.35. The van der Waals surface area contributed by atoms with Crippen molar-refractivity contribution in [1.29, 1.82) is 0 Å². The maximum absolute atomic E-state index is 14.6. The number of likely N-dealkylation sites (tertiary alicyclic amines) is 1. The Morgan fingerprint density at radius 1 is 0.810 bits per heavy atom. The number of carbonyl (C=O) groups excluding carboxylic acids is 5. The van der Waals surface area contributed by atoms with Crippen LogP contribution in [-0.2, 0) is 41.7 Å². The number of methoxy groups -OCH3 is 1. The van der Waals surface area contributed by atoms with Gasteiger partial charge in [-0.2, -0.15) is 0 Å². The van der Waals surface area contributed by atoms with Crippen molar-refractivity contribution in [3.8, 4) is 0 Å². The van der Waals surface area contributed by atoms with E-state index in [4.69, 9.17) is 9.47 Å². The van der Waals surface area contributed by atoms with Crippen molar-refractivity contribution < 1.29 is 33.4 Å². The average molecular weight is 886 g/mol. The second-order valence-corrected chi connectivity index (χ2v) is 18.7. The van der Waals surface area contributed by atoms with Crippen LogP contribution in [0.3, 0.4) is 0 Å². The zero-order valence-electron chi connectivity index (χ0n) is 38.8. The molecular weight excluding hydrogens is 815 g/mol. The van der Waals surface area contributed by atoms with Gasteiger partial charge in [-0.15, -0.1) is 11.8 Å². The standard InChI is InChI=1S/C50H71N5O7S/c1-10-36(6)47(53(7)49(59)45(34(2)3)52-48(58)46(35(4)5)54(8)50(60)62-33-38-23-16-12-17-24-38)41(61-9)31-44(57)55-30-20-27-40(55)42(63-39-25-18-13-19-26-39)32-43(56)51-29-28-37-21-14-11-15-22-37/h11-19,21-26,34-36,40-42,45-47H,10,20,27-33H2,1-9H3,(H,51,56)(H,52,58). The van der Waals surface area contributed by atoms with E-state index in [1.807, 2.05) is 137 Å². The lowest BCUT2D eigenvalue weighted by molar-refractivity contribution is -0.146. The molecular formula is C50H71N5O7S. The van der Waals surface area contributed by atoms with Gasteiger partial charge in [0.05, 0.1) is 18.6 Å². The van der Waals surface area contributed by atoms with Crippen LogP contribution in [0.4, 0.5) is 4.79 Å². The molecule has 1 fully saturated rings. The van der Waals surface area contributed by atoms with Gasteiger partial charge in [0.25, 0.3) is 0 Å². The Morgan fingerprint density at radius 2 is 1.41 bits per heavy atom. The highest BCUT2D eigenvalue weighted by Gasteiger charge is 2.42. The molecule has 63 heavy (non-hydrogen) atoms. The maximum Gasteiger partial charge on any atom is 0.410 e. The molecule has 0 aromatic heterocycles. The molecule has 5 amide bonds. The maximum atomic E-state index is 14.6. The first-order chi connectivity index (χ1) is 30.2. The van der Waals surface area contributed by atoms with Gasteiger partial charge in [-0.3, -0.25) is 24.1 Å². The molecule has 0 saturated carbocycles. The van der Waals surface area contributed by atoms with Crippen molar-refractivity contribution in [3.05, 3.63) is 102 Å². The summed E-state index contributed by atoms with van der Waals surface area (Å²) in [6, 6.07) is 26.9. The third kappa shape index (κ3) is 14.8. The monoisotopic (exact) mass is 886 g/mol. The predicted octanol–water partition coefficient (Wildman–Crippen LogP) is 7.60. The lowest BCUT2D eigenvalue weighted by atomic mass is 9.89. The van der Waals surface area contributed by atoms with Gasteiger partial charge in [-0.25, -0.2) is 4.79 Å². The number of likely N-dealkylation sites (N-methyl/N-ethyl adjacent to an activating group) is 2. The van der Waals surface area contributed by atoms with Crippen LogP contribution in [0.15, 0.2) is 95.9 Å². The van der Waals surface area contributed by atoms with Crippen LogP contribution < -0.4 is 10.6 Å². The Balaban J connectivity index is 1.48. The van der Waals surface area contributed by atoms with Gasteiger partial charge in [-0.1, -0.05) is 127 Å². The van der Waals surface area contributed by atoms with E-state index in [2.05, 4.69) is 10.6 Å². The Hall–Kier alpha value is -4.88. The topological polar surface area (TPSA) is 138 Å². The minimum Gasteiger partial charge on any atom is -0.445 e. The SMILES string of the molecule is CCC(C)C(C(CC(=O)N1CCCC1C(CC(=O)NCCc1ccccc1)Sc1ccccc1)OC)N(C)C(=O)C(NC(=O)C(C(C)C)N(C)C(=O)OCc1ccccc1)C(C)C. The van der Waals surface area contributed by atoms with Gasteiger partial charge in [0.2, 0.25) is 23.6 Å². The second kappa shape index (κ2) is 25.4. The molecule has 7 unspecified atom stereocenters. The summed E-state index contributed by atoms with van der Waals surface area (Å²) in [5, 5.41) is 5.92. The number of ether oxygens (including phenoxy) is 2. The number of hydrogen-bond acceptors (Lipinski definition) is 8. The Kier molecular flexibility index (Phi) is 20.5. The minimum absolute atomic E-state index is 0.0373. The molecule has 344 valence electrons. The molecule has 3 aromatic carbocycles. The zero-order chi connectivity index (χ0) is 46.1. The first-order valence-corrected chi connectivity index (χ1v) is 23.4. The van der Waals surface area contributed by atoms with Crippen LogP contribution in [0, 0.1) is 17.8 Å². The molecule has 4 rings (SSSR count). The summed E-state index contributed by atoms with van der Waals surface area (Å²) in [6.07, 6.45) is 2.03. The number of thioether (sulfide) groups is 1. The van der Waals surface area contributed by atoms with E-state index in [0.29, 0.717) is 19.5 Å². The van der Waals surface area contributed by atoms with Gasteiger partial charge in [0.1, 0.15) is 18.7 Å². The van der Waals surface area contributed by atoms with Crippen molar-refractivity contribution in [2.45, 2.75) is 127 Å². The number of nitrogens with zero attached hydrogens (tertiary/aromatic N) is 3. The van der Waals surface area contributed by atoms with Crippen molar-refractivity contribution in [2.24, 2.45) is 17.8 Å². The smallest absolute Gasteiger partial charge is 0.410 e. The highest BCUT2D eigenvalue weighted by molar-refractivity contribution is 8.00. The fraction of sp³-hybridized carbons (Fsp3) is 0.540. The van der Waals surface area contributed by atoms with E-state index < -0.39 is 36.2 Å². The summed E-state index contributed by atoms with van der Waals surface area (Å²) in [4.78, 5) is 75.7. The van der Waals surface area contributed by atoms with Crippen LogP contribution in [0.1, 0.15) is 84.8 Å². The summed E-state index contributed by atoms with van der Waals surface area (Å²) < 4.78 is 11.7. The minimum atomic E-state index is -0.921. The van der Waals surface area contributed by atoms with Gasteiger partial charge in [-0.05, 0) is 60.3 Å². The van der Waals surface area contributed by atoms with Gasteiger partial charge in [0.15, 0.2) is 0 Å². The van der Waals surface area contributed by atoms with Crippen molar-refractivity contribution in [3.63, 3.8) is 0 Å². The fourth-order valence-corrected chi connectivity index (χ4v) is 9.85. The molecule has 3 aromatic rings. The molecule has 0 radical (unpaired) electrons. The van der Waals surface area contributed by atoms with Gasteiger partial charge >= 0.3 is 6.09 Å². The molecule has 1 heterocycles. The predicted molar refractivity (Wildman–Crippen MR) is 250 cm³/mol. The van der Waals surface area contributed by atoms with E-state index in [-0.39, 0.29) is 66.2 Å². The van der Waals surface area contributed by atoms with Gasteiger partial charge < -0.3 is 29.9 Å². The second-order valence-electron chi connectivity index (χ2n) is 17.4. The highest BCUT2D eigenvalue weighted by atomic mass is 32.2. The van der Waals surface area contributed by atoms with E-state index in [9.17, 15) is 24.0 Å². The zero-order valence-corrected chi connectivity index (χ0v) is 39.6. The average Bonchev–Trinajstić information content (AvgIpc) is 3.78. The molecule has 0 aliphatic carbocycles. The van der Waals surface area contributed by atoms with Crippen LogP contribution in [0.2, 0.25) is 0 Å². The van der Waals surface area contributed by atoms with E-state index >= 15 is 0 Å². The summed E-state index contributed by atoms with van der Waals surface area (Å²) in [5.74, 6) is -1.56. The number of hydrogen-bond donors (Lipinski definition) is 2. The molecule has 2 N–H and O–H groups in total. The number of carbonyl (C=O) groups is 5. The molecule has 1 saturated heterocycles.